The van der Waals surface area contributed by atoms with E-state index in [1.807, 2.05) is 0 Å². The van der Waals surface area contributed by atoms with Crippen LogP contribution in [0.1, 0.15) is 61.5 Å². The number of hydrogen-bond donors (Lipinski definition) is 2. The van der Waals surface area contributed by atoms with Gasteiger partial charge in [-0.05, 0) is 56.8 Å². The van der Waals surface area contributed by atoms with Gasteiger partial charge in [-0.2, -0.15) is 0 Å². The van der Waals surface area contributed by atoms with Gasteiger partial charge in [-0.25, -0.2) is 9.97 Å². The average molecular weight is 332 g/mol. The Labute approximate surface area is 143 Å². The lowest BCUT2D eigenvalue weighted by Crippen LogP contribution is -2.30. The van der Waals surface area contributed by atoms with Gasteiger partial charge in [0.1, 0.15) is 0 Å². The molecule has 0 bridgehead atoms. The Balaban J connectivity index is 1.66. The minimum Gasteiger partial charge on any atom is -0.381 e. The van der Waals surface area contributed by atoms with Gasteiger partial charge < -0.3 is 15.8 Å². The first kappa shape index (κ1) is 17.1. The topological polar surface area (TPSA) is 90.1 Å². The Morgan fingerprint density at radius 1 is 1.33 bits per heavy atom. The number of anilines is 1. The molecule has 132 valence electrons. The van der Waals surface area contributed by atoms with Crippen LogP contribution >= 0.6 is 0 Å². The van der Waals surface area contributed by atoms with E-state index in [2.05, 4.69) is 22.2 Å². The summed E-state index contributed by atoms with van der Waals surface area (Å²) in [6.07, 6.45) is 9.38. The van der Waals surface area contributed by atoms with Gasteiger partial charge in [-0.3, -0.25) is 4.79 Å². The first-order chi connectivity index (χ1) is 11.5. The maximum absolute atomic E-state index is 11.7. The van der Waals surface area contributed by atoms with E-state index in [-0.39, 0.29) is 0 Å². The second kappa shape index (κ2) is 7.47. The highest BCUT2D eigenvalue weighted by Crippen LogP contribution is 2.35. The molecule has 0 aliphatic heterocycles. The number of rotatable bonds is 6. The van der Waals surface area contributed by atoms with E-state index in [4.69, 9.17) is 10.5 Å². The van der Waals surface area contributed by atoms with Crippen LogP contribution in [0.4, 0.5) is 5.95 Å². The zero-order valence-corrected chi connectivity index (χ0v) is 14.6. The molecule has 2 fully saturated rings. The zero-order valence-electron chi connectivity index (χ0n) is 14.6. The Bertz CT molecular complexity index is 578. The summed E-state index contributed by atoms with van der Waals surface area (Å²) in [7, 11) is 1.78. The van der Waals surface area contributed by atoms with E-state index in [0.717, 1.165) is 43.7 Å². The van der Waals surface area contributed by atoms with Crippen molar-refractivity contribution < 1.29 is 9.53 Å². The number of nitrogens with one attached hydrogen (secondary N) is 1. The lowest BCUT2D eigenvalue weighted by molar-refractivity contribution is 0.0681. The van der Waals surface area contributed by atoms with Crippen molar-refractivity contribution in [3.63, 3.8) is 0 Å². The molecule has 0 saturated heterocycles. The molecule has 1 aromatic rings. The van der Waals surface area contributed by atoms with Gasteiger partial charge in [0.2, 0.25) is 5.95 Å². The number of carbonyl (C=O) groups is 1. The van der Waals surface area contributed by atoms with Crippen LogP contribution in [0, 0.1) is 11.8 Å². The maximum Gasteiger partial charge on any atom is 0.252 e. The van der Waals surface area contributed by atoms with Gasteiger partial charge in [-0.15, -0.1) is 0 Å². The van der Waals surface area contributed by atoms with Crippen molar-refractivity contribution >= 4 is 11.9 Å². The first-order valence-corrected chi connectivity index (χ1v) is 9.00. The number of aromatic nitrogens is 2. The number of primary amides is 1. The summed E-state index contributed by atoms with van der Waals surface area (Å²) in [5.41, 5.74) is 6.74. The van der Waals surface area contributed by atoms with Crippen LogP contribution in [0.15, 0.2) is 6.20 Å². The predicted octanol–water partition coefficient (Wildman–Crippen LogP) is 2.53. The molecule has 1 amide bonds. The van der Waals surface area contributed by atoms with Crippen LogP contribution in [0.3, 0.4) is 0 Å². The largest absolute Gasteiger partial charge is 0.381 e. The summed E-state index contributed by atoms with van der Waals surface area (Å²) < 4.78 is 5.41. The van der Waals surface area contributed by atoms with E-state index in [9.17, 15) is 4.79 Å². The summed E-state index contributed by atoms with van der Waals surface area (Å²) >= 11 is 0. The fourth-order valence-electron chi connectivity index (χ4n) is 3.98. The SMILES string of the molecule is COC1CCC(Nc2ncc(C(N)=O)c(CC3CC(C)C3)n2)CC1. The fourth-order valence-corrected chi connectivity index (χ4v) is 3.98. The van der Waals surface area contributed by atoms with Gasteiger partial charge in [-0.1, -0.05) is 6.92 Å². The summed E-state index contributed by atoms with van der Waals surface area (Å²) in [5, 5.41) is 3.42. The normalized spacial score (nSPS) is 29.8. The van der Waals surface area contributed by atoms with Crippen LogP contribution in [-0.4, -0.2) is 35.1 Å². The molecule has 0 radical (unpaired) electrons. The minimum atomic E-state index is -0.440. The van der Waals surface area contributed by atoms with E-state index in [1.165, 1.54) is 12.8 Å². The summed E-state index contributed by atoms with van der Waals surface area (Å²) in [6.45, 7) is 2.26. The second-order valence-electron chi connectivity index (χ2n) is 7.42. The molecule has 3 N–H and O–H groups in total. The highest BCUT2D eigenvalue weighted by Gasteiger charge is 2.28. The third-order valence-corrected chi connectivity index (χ3v) is 5.43. The lowest BCUT2D eigenvalue weighted by Gasteiger charge is -2.33. The van der Waals surface area contributed by atoms with Crippen LogP contribution in [-0.2, 0) is 11.2 Å². The average Bonchev–Trinajstić information content (AvgIpc) is 2.54. The summed E-state index contributed by atoms with van der Waals surface area (Å²) in [5.74, 6) is 1.56. The smallest absolute Gasteiger partial charge is 0.252 e. The molecule has 2 saturated carbocycles. The molecule has 6 heteroatoms. The van der Waals surface area contributed by atoms with Crippen LogP contribution < -0.4 is 11.1 Å². The van der Waals surface area contributed by atoms with Crippen LogP contribution in [0.2, 0.25) is 0 Å². The molecule has 1 heterocycles. The van der Waals surface area contributed by atoms with Crippen LogP contribution in [0.25, 0.3) is 0 Å². The number of hydrogen-bond acceptors (Lipinski definition) is 5. The number of nitrogens with two attached hydrogens (primary N) is 1. The molecule has 3 rings (SSSR count). The molecular formula is C18H28N4O2. The molecule has 24 heavy (non-hydrogen) atoms. The highest BCUT2D eigenvalue weighted by molar-refractivity contribution is 5.93. The van der Waals surface area contributed by atoms with Crippen molar-refractivity contribution in [3.8, 4) is 0 Å². The number of ether oxygens (including phenoxy) is 1. The quantitative estimate of drug-likeness (QED) is 0.835. The molecule has 0 aromatic carbocycles. The lowest BCUT2D eigenvalue weighted by atomic mass is 9.73. The Hall–Kier alpha value is -1.69. The molecule has 1 aromatic heterocycles. The standard InChI is InChI=1S/C18H28N4O2/c1-11-7-12(8-11)9-16-15(17(19)23)10-20-18(22-16)21-13-3-5-14(24-2)6-4-13/h10-14H,3-9H2,1-2H3,(H2,19,23)(H,20,21,22). The molecule has 2 aliphatic rings. The van der Waals surface area contributed by atoms with Crippen LogP contribution in [0.5, 0.6) is 0 Å². The van der Waals surface area contributed by atoms with Crippen molar-refractivity contribution in [2.45, 2.75) is 64.0 Å². The van der Waals surface area contributed by atoms with Gasteiger partial charge >= 0.3 is 0 Å². The third kappa shape index (κ3) is 4.04. The van der Waals surface area contributed by atoms with Crippen molar-refractivity contribution in [3.05, 3.63) is 17.5 Å². The van der Waals surface area contributed by atoms with Crippen molar-refractivity contribution in [2.75, 3.05) is 12.4 Å². The highest BCUT2D eigenvalue weighted by atomic mass is 16.5. The van der Waals surface area contributed by atoms with Gasteiger partial charge in [0, 0.05) is 19.3 Å². The number of methoxy groups -OCH3 is 1. The Kier molecular flexibility index (Phi) is 5.33. The molecule has 6 nitrogen and oxygen atoms in total. The van der Waals surface area contributed by atoms with Crippen molar-refractivity contribution in [1.29, 1.82) is 0 Å². The number of carbonyl (C=O) groups excluding carboxylic acids is 1. The molecule has 0 spiro atoms. The third-order valence-electron chi connectivity index (χ3n) is 5.43. The van der Waals surface area contributed by atoms with E-state index < -0.39 is 5.91 Å². The molecule has 0 atom stereocenters. The summed E-state index contributed by atoms with van der Waals surface area (Å²) in [6, 6.07) is 0.368. The molecule has 0 unspecified atom stereocenters. The minimum absolute atomic E-state index is 0.368. The number of amides is 1. The maximum atomic E-state index is 11.7. The Morgan fingerprint density at radius 3 is 2.62 bits per heavy atom. The predicted molar refractivity (Wildman–Crippen MR) is 92.8 cm³/mol. The molecular weight excluding hydrogens is 304 g/mol. The molecule has 2 aliphatic carbocycles. The van der Waals surface area contributed by atoms with Gasteiger partial charge in [0.15, 0.2) is 0 Å². The fraction of sp³-hybridized carbons (Fsp3) is 0.722. The number of nitrogens with zero attached hydrogens (tertiary/aromatic N) is 2. The zero-order chi connectivity index (χ0) is 17.1. The van der Waals surface area contributed by atoms with Crippen molar-refractivity contribution in [2.24, 2.45) is 17.6 Å². The summed E-state index contributed by atoms with van der Waals surface area (Å²) in [4.78, 5) is 20.6. The van der Waals surface area contributed by atoms with Gasteiger partial charge in [0.05, 0.1) is 17.4 Å². The van der Waals surface area contributed by atoms with Crippen molar-refractivity contribution in [1.82, 2.24) is 9.97 Å². The second-order valence-corrected chi connectivity index (χ2v) is 7.42. The van der Waals surface area contributed by atoms with E-state index >= 15 is 0 Å². The first-order valence-electron chi connectivity index (χ1n) is 9.00. The Morgan fingerprint density at radius 2 is 2.04 bits per heavy atom. The van der Waals surface area contributed by atoms with E-state index in [1.54, 1.807) is 13.3 Å². The van der Waals surface area contributed by atoms with E-state index in [0.29, 0.717) is 29.6 Å². The monoisotopic (exact) mass is 332 g/mol. The van der Waals surface area contributed by atoms with Gasteiger partial charge in [0.25, 0.3) is 5.91 Å².